The predicted molar refractivity (Wildman–Crippen MR) is 187 cm³/mol. The molecule has 0 spiro atoms. The van der Waals surface area contributed by atoms with Crippen LogP contribution in [0.25, 0.3) is 88.8 Å². The van der Waals surface area contributed by atoms with E-state index in [-0.39, 0.29) is 0 Å². The van der Waals surface area contributed by atoms with Crippen LogP contribution >= 0.6 is 0 Å². The molecule has 0 N–H and O–H groups in total. The zero-order valence-corrected chi connectivity index (χ0v) is 24.7. The van der Waals surface area contributed by atoms with Crippen LogP contribution in [0.15, 0.2) is 152 Å². The molecule has 0 aliphatic rings. The van der Waals surface area contributed by atoms with Crippen molar-refractivity contribution < 1.29 is 0 Å². The molecule has 0 aliphatic heterocycles. The third-order valence-electron chi connectivity index (χ3n) is 8.51. The van der Waals surface area contributed by atoms with Gasteiger partial charge in [0.25, 0.3) is 0 Å². The summed E-state index contributed by atoms with van der Waals surface area (Å²) >= 11 is 0. The number of pyridine rings is 3. The van der Waals surface area contributed by atoms with Gasteiger partial charge in [0.15, 0.2) is 5.82 Å². The van der Waals surface area contributed by atoms with E-state index in [9.17, 15) is 0 Å². The molecular formula is C41H25N5. The lowest BCUT2D eigenvalue weighted by molar-refractivity contribution is 1.23. The van der Waals surface area contributed by atoms with E-state index in [4.69, 9.17) is 19.9 Å². The summed E-state index contributed by atoms with van der Waals surface area (Å²) < 4.78 is 0. The molecule has 0 unspecified atom stereocenters. The van der Waals surface area contributed by atoms with Crippen molar-refractivity contribution in [1.82, 2.24) is 24.9 Å². The van der Waals surface area contributed by atoms with Crippen LogP contribution in [0.4, 0.5) is 0 Å². The van der Waals surface area contributed by atoms with Gasteiger partial charge in [-0.1, -0.05) is 109 Å². The van der Waals surface area contributed by atoms with Crippen molar-refractivity contribution in [2.75, 3.05) is 0 Å². The lowest BCUT2D eigenvalue weighted by Gasteiger charge is -2.12. The molecule has 0 amide bonds. The molecule has 9 rings (SSSR count). The summed E-state index contributed by atoms with van der Waals surface area (Å²) in [6, 6.07) is 49.7. The molecule has 5 nitrogen and oxygen atoms in total. The number of hydrogen-bond acceptors (Lipinski definition) is 5. The average Bonchev–Trinajstić information content (AvgIpc) is 3.14. The monoisotopic (exact) mass is 587 g/mol. The van der Waals surface area contributed by atoms with E-state index >= 15 is 0 Å². The summed E-state index contributed by atoms with van der Waals surface area (Å²) in [5.41, 5.74) is 9.08. The van der Waals surface area contributed by atoms with Gasteiger partial charge < -0.3 is 0 Å². The lowest BCUT2D eigenvalue weighted by Crippen LogP contribution is -1.96. The summed E-state index contributed by atoms with van der Waals surface area (Å²) in [6.07, 6.45) is 1.79. The fourth-order valence-corrected chi connectivity index (χ4v) is 6.25. The zero-order valence-electron chi connectivity index (χ0n) is 24.7. The van der Waals surface area contributed by atoms with E-state index in [1.807, 2.05) is 42.5 Å². The topological polar surface area (TPSA) is 64.5 Å². The Balaban J connectivity index is 1.19. The molecule has 0 saturated carbocycles. The molecule has 9 aromatic rings. The van der Waals surface area contributed by atoms with E-state index in [0.717, 1.165) is 72.2 Å². The standard InChI is InChI=1S/C41H25N5/c1-2-13-31-26(9-1)10-8-15-32(31)40-33-14-3-4-16-35(33)45-41(46-40)30-12-7-11-29(25-30)34-22-20-27-18-19-28-21-23-37(36-17-5-6-24-42-36)44-39(28)38(27)43-34/h1-25H. The number of aromatic nitrogens is 5. The number of benzene rings is 5. The van der Waals surface area contributed by atoms with Gasteiger partial charge in [0.1, 0.15) is 0 Å². The maximum absolute atomic E-state index is 5.21. The third kappa shape index (κ3) is 4.45. The summed E-state index contributed by atoms with van der Waals surface area (Å²) in [5, 5.41) is 5.45. The summed E-state index contributed by atoms with van der Waals surface area (Å²) in [4.78, 5) is 24.9. The van der Waals surface area contributed by atoms with Gasteiger partial charge in [-0.15, -0.1) is 0 Å². The number of fused-ring (bicyclic) bond motifs is 5. The van der Waals surface area contributed by atoms with Gasteiger partial charge in [-0.2, -0.15) is 0 Å². The van der Waals surface area contributed by atoms with Crippen molar-refractivity contribution in [2.45, 2.75) is 0 Å². The fraction of sp³-hybridized carbons (Fsp3) is 0. The second-order valence-electron chi connectivity index (χ2n) is 11.3. The normalized spacial score (nSPS) is 11.5. The quantitative estimate of drug-likeness (QED) is 0.192. The summed E-state index contributed by atoms with van der Waals surface area (Å²) in [5.74, 6) is 0.677. The van der Waals surface area contributed by atoms with Crippen molar-refractivity contribution in [2.24, 2.45) is 0 Å². The second kappa shape index (κ2) is 10.7. The molecular weight excluding hydrogens is 562 g/mol. The van der Waals surface area contributed by atoms with Crippen molar-refractivity contribution in [3.63, 3.8) is 0 Å². The first-order valence-corrected chi connectivity index (χ1v) is 15.3. The fourth-order valence-electron chi connectivity index (χ4n) is 6.25. The molecule has 0 fully saturated rings. The van der Waals surface area contributed by atoms with Crippen molar-refractivity contribution in [1.29, 1.82) is 0 Å². The Morgan fingerprint density at radius 1 is 0.391 bits per heavy atom. The highest BCUT2D eigenvalue weighted by molar-refractivity contribution is 6.05. The van der Waals surface area contributed by atoms with Crippen molar-refractivity contribution in [3.05, 3.63) is 152 Å². The van der Waals surface area contributed by atoms with E-state index in [2.05, 4.69) is 108 Å². The van der Waals surface area contributed by atoms with Gasteiger partial charge in [-0.3, -0.25) is 4.98 Å². The highest BCUT2D eigenvalue weighted by atomic mass is 14.9. The lowest BCUT2D eigenvalue weighted by atomic mass is 9.99. The van der Waals surface area contributed by atoms with Crippen molar-refractivity contribution >= 4 is 43.5 Å². The first kappa shape index (κ1) is 26.1. The van der Waals surface area contributed by atoms with Crippen LogP contribution in [-0.4, -0.2) is 24.9 Å². The molecule has 0 bridgehead atoms. The maximum Gasteiger partial charge on any atom is 0.160 e. The summed E-state index contributed by atoms with van der Waals surface area (Å²) in [7, 11) is 0. The highest BCUT2D eigenvalue weighted by Crippen LogP contribution is 2.35. The van der Waals surface area contributed by atoms with Gasteiger partial charge >= 0.3 is 0 Å². The Kier molecular flexibility index (Phi) is 6.06. The molecule has 0 radical (unpaired) electrons. The molecule has 0 atom stereocenters. The minimum absolute atomic E-state index is 0.677. The van der Waals surface area contributed by atoms with E-state index in [1.165, 1.54) is 10.8 Å². The minimum atomic E-state index is 0.677. The first-order chi connectivity index (χ1) is 22.8. The van der Waals surface area contributed by atoms with Gasteiger partial charge in [-0.25, -0.2) is 19.9 Å². The van der Waals surface area contributed by atoms with Gasteiger partial charge in [0.05, 0.1) is 39.3 Å². The molecule has 5 aromatic carbocycles. The van der Waals surface area contributed by atoms with Gasteiger partial charge in [-0.05, 0) is 47.2 Å². The molecule has 4 aromatic heterocycles. The van der Waals surface area contributed by atoms with Crippen LogP contribution < -0.4 is 0 Å². The van der Waals surface area contributed by atoms with Gasteiger partial charge in [0.2, 0.25) is 0 Å². The van der Waals surface area contributed by atoms with Crippen LogP contribution in [0.2, 0.25) is 0 Å². The molecule has 46 heavy (non-hydrogen) atoms. The Morgan fingerprint density at radius 2 is 1.07 bits per heavy atom. The van der Waals surface area contributed by atoms with Crippen LogP contribution in [-0.2, 0) is 0 Å². The second-order valence-corrected chi connectivity index (χ2v) is 11.3. The first-order valence-electron chi connectivity index (χ1n) is 15.3. The van der Waals surface area contributed by atoms with E-state index < -0.39 is 0 Å². The average molecular weight is 588 g/mol. The van der Waals surface area contributed by atoms with Crippen LogP contribution in [0.3, 0.4) is 0 Å². The predicted octanol–water partition coefficient (Wildman–Crippen LogP) is 9.94. The van der Waals surface area contributed by atoms with Crippen LogP contribution in [0.5, 0.6) is 0 Å². The maximum atomic E-state index is 5.21. The Labute approximate surface area is 264 Å². The number of rotatable bonds is 4. The Bertz CT molecular complexity index is 2590. The largest absolute Gasteiger partial charge is 0.255 e. The van der Waals surface area contributed by atoms with E-state index in [1.54, 1.807) is 6.20 Å². The third-order valence-corrected chi connectivity index (χ3v) is 8.51. The minimum Gasteiger partial charge on any atom is -0.255 e. The SMILES string of the molecule is c1ccc(-c2ccc3ccc4ccc(-c5cccc(-c6nc(-c7cccc8ccccc78)c7ccccc7n6)c5)nc4c3n2)nc1. The smallest absolute Gasteiger partial charge is 0.160 e. The zero-order chi connectivity index (χ0) is 30.5. The van der Waals surface area contributed by atoms with Crippen LogP contribution in [0.1, 0.15) is 0 Å². The summed E-state index contributed by atoms with van der Waals surface area (Å²) in [6.45, 7) is 0. The highest BCUT2D eigenvalue weighted by Gasteiger charge is 2.15. The van der Waals surface area contributed by atoms with Gasteiger partial charge in [0, 0.05) is 39.0 Å². The van der Waals surface area contributed by atoms with Crippen LogP contribution in [0, 0.1) is 0 Å². The number of para-hydroxylation sites is 1. The molecule has 0 aliphatic carbocycles. The Hall–Kier alpha value is -6.33. The number of hydrogen-bond donors (Lipinski definition) is 0. The van der Waals surface area contributed by atoms with E-state index in [0.29, 0.717) is 5.82 Å². The number of nitrogens with zero attached hydrogens (tertiary/aromatic N) is 5. The Morgan fingerprint density at radius 3 is 1.91 bits per heavy atom. The molecule has 4 heterocycles. The molecule has 5 heteroatoms. The molecule has 0 saturated heterocycles. The molecule has 214 valence electrons. The van der Waals surface area contributed by atoms with Crippen molar-refractivity contribution in [3.8, 4) is 45.3 Å².